The summed E-state index contributed by atoms with van der Waals surface area (Å²) in [6.07, 6.45) is 3.01. The molecule has 0 aliphatic carbocycles. The fourth-order valence-electron chi connectivity index (χ4n) is 1.96. The van der Waals surface area contributed by atoms with Gasteiger partial charge >= 0.3 is 5.97 Å². The number of hydrogen-bond acceptors (Lipinski definition) is 6. The number of piperidine rings is 1. The van der Waals surface area contributed by atoms with Gasteiger partial charge in [0.05, 0.1) is 19.6 Å². The lowest BCUT2D eigenvalue weighted by atomic mass is 9.97. The van der Waals surface area contributed by atoms with Gasteiger partial charge in [-0.25, -0.2) is 0 Å². The molecule has 6 nitrogen and oxygen atoms in total. The Hall–Kier alpha value is -1.43. The molecule has 0 saturated carbocycles. The quantitative estimate of drug-likeness (QED) is 0.696. The van der Waals surface area contributed by atoms with Gasteiger partial charge in [0.15, 0.2) is 5.82 Å². The number of likely N-dealkylation sites (tertiary alicyclic amines) is 1. The molecule has 88 valence electrons. The molecule has 1 aliphatic rings. The smallest absolute Gasteiger partial charge is 0.308 e. The molecule has 0 amide bonds. The van der Waals surface area contributed by atoms with Gasteiger partial charge in [-0.15, -0.1) is 0 Å². The number of ether oxygens (including phenoxy) is 1. The van der Waals surface area contributed by atoms with Crippen LogP contribution < -0.4 is 0 Å². The second kappa shape index (κ2) is 5.07. The Balaban J connectivity index is 1.79. The molecule has 0 atom stereocenters. The Bertz CT molecular complexity index is 331. The third-order valence-corrected chi connectivity index (χ3v) is 2.89. The normalized spacial score (nSPS) is 18.6. The summed E-state index contributed by atoms with van der Waals surface area (Å²) in [6, 6.07) is 0. The van der Waals surface area contributed by atoms with Gasteiger partial charge in [0.2, 0.25) is 6.39 Å². The molecule has 1 aliphatic heterocycles. The summed E-state index contributed by atoms with van der Waals surface area (Å²) in [7, 11) is 1.44. The molecule has 16 heavy (non-hydrogen) atoms. The van der Waals surface area contributed by atoms with Crippen LogP contribution in [0.2, 0.25) is 0 Å². The van der Waals surface area contributed by atoms with E-state index >= 15 is 0 Å². The van der Waals surface area contributed by atoms with Crippen molar-refractivity contribution in [3.63, 3.8) is 0 Å². The number of esters is 1. The van der Waals surface area contributed by atoms with Crippen molar-refractivity contribution < 1.29 is 14.1 Å². The first-order valence-electron chi connectivity index (χ1n) is 5.35. The summed E-state index contributed by atoms with van der Waals surface area (Å²) in [4.78, 5) is 17.5. The molecule has 0 spiro atoms. The van der Waals surface area contributed by atoms with Crippen molar-refractivity contribution in [2.75, 3.05) is 20.2 Å². The number of carbonyl (C=O) groups excluding carboxylic acids is 1. The van der Waals surface area contributed by atoms with E-state index in [-0.39, 0.29) is 11.9 Å². The lowest BCUT2D eigenvalue weighted by Gasteiger charge is -2.29. The van der Waals surface area contributed by atoms with Gasteiger partial charge in [-0.2, -0.15) is 4.98 Å². The van der Waals surface area contributed by atoms with E-state index in [2.05, 4.69) is 19.6 Å². The SMILES string of the molecule is COC(=O)C1CCN(Cc2ncon2)CC1. The van der Waals surface area contributed by atoms with Crippen LogP contribution in [0, 0.1) is 5.92 Å². The molecule has 1 saturated heterocycles. The fraction of sp³-hybridized carbons (Fsp3) is 0.700. The average Bonchev–Trinajstić information content (AvgIpc) is 2.82. The van der Waals surface area contributed by atoms with Crippen molar-refractivity contribution in [2.45, 2.75) is 19.4 Å². The number of carbonyl (C=O) groups is 1. The topological polar surface area (TPSA) is 68.5 Å². The number of aromatic nitrogens is 2. The zero-order valence-corrected chi connectivity index (χ0v) is 9.26. The Morgan fingerprint density at radius 3 is 2.94 bits per heavy atom. The van der Waals surface area contributed by atoms with Gasteiger partial charge in [0.1, 0.15) is 0 Å². The van der Waals surface area contributed by atoms with Crippen LogP contribution in [0.5, 0.6) is 0 Å². The lowest BCUT2D eigenvalue weighted by molar-refractivity contribution is -0.147. The lowest BCUT2D eigenvalue weighted by Crippen LogP contribution is -2.36. The highest BCUT2D eigenvalue weighted by atomic mass is 16.5. The molecular weight excluding hydrogens is 210 g/mol. The number of nitrogens with zero attached hydrogens (tertiary/aromatic N) is 3. The van der Waals surface area contributed by atoms with Crippen molar-refractivity contribution in [3.05, 3.63) is 12.2 Å². The van der Waals surface area contributed by atoms with E-state index in [1.54, 1.807) is 0 Å². The monoisotopic (exact) mass is 225 g/mol. The first-order valence-corrected chi connectivity index (χ1v) is 5.35. The molecule has 0 aromatic carbocycles. The molecule has 2 rings (SSSR count). The second-order valence-corrected chi connectivity index (χ2v) is 3.92. The first kappa shape index (κ1) is 11.1. The van der Waals surface area contributed by atoms with Gasteiger partial charge in [0.25, 0.3) is 0 Å². The minimum absolute atomic E-state index is 0.0477. The van der Waals surface area contributed by atoms with Crippen LogP contribution in [0.3, 0.4) is 0 Å². The Morgan fingerprint density at radius 2 is 2.38 bits per heavy atom. The maximum Gasteiger partial charge on any atom is 0.308 e. The summed E-state index contributed by atoms with van der Waals surface area (Å²) in [5.74, 6) is 0.641. The summed E-state index contributed by atoms with van der Waals surface area (Å²) < 4.78 is 9.40. The molecule has 1 aromatic rings. The van der Waals surface area contributed by atoms with Crippen LogP contribution in [0.25, 0.3) is 0 Å². The van der Waals surface area contributed by atoms with Crippen LogP contribution in [0.1, 0.15) is 18.7 Å². The van der Waals surface area contributed by atoms with Crippen molar-refractivity contribution in [2.24, 2.45) is 5.92 Å². The third-order valence-electron chi connectivity index (χ3n) is 2.89. The van der Waals surface area contributed by atoms with Gasteiger partial charge < -0.3 is 9.26 Å². The maximum atomic E-state index is 11.3. The van der Waals surface area contributed by atoms with E-state index in [1.165, 1.54) is 13.5 Å². The van der Waals surface area contributed by atoms with E-state index in [4.69, 9.17) is 4.74 Å². The Morgan fingerprint density at radius 1 is 1.62 bits per heavy atom. The van der Waals surface area contributed by atoms with Crippen LogP contribution in [-0.2, 0) is 16.1 Å². The largest absolute Gasteiger partial charge is 0.469 e. The summed E-state index contributed by atoms with van der Waals surface area (Å²) in [6.45, 7) is 2.42. The molecule has 0 bridgehead atoms. The van der Waals surface area contributed by atoms with Crippen LogP contribution in [0.15, 0.2) is 10.9 Å². The molecule has 0 unspecified atom stereocenters. The summed E-state index contributed by atoms with van der Waals surface area (Å²) >= 11 is 0. The van der Waals surface area contributed by atoms with E-state index in [9.17, 15) is 4.79 Å². The van der Waals surface area contributed by atoms with E-state index in [0.717, 1.165) is 25.9 Å². The second-order valence-electron chi connectivity index (χ2n) is 3.92. The number of hydrogen-bond donors (Lipinski definition) is 0. The molecule has 2 heterocycles. The molecule has 1 aromatic heterocycles. The number of rotatable bonds is 3. The van der Waals surface area contributed by atoms with Crippen molar-refractivity contribution >= 4 is 5.97 Å². The predicted molar refractivity (Wildman–Crippen MR) is 54.3 cm³/mol. The molecule has 6 heteroatoms. The highest BCUT2D eigenvalue weighted by Crippen LogP contribution is 2.19. The summed E-state index contributed by atoms with van der Waals surface area (Å²) in [5, 5.41) is 3.76. The molecule has 0 N–H and O–H groups in total. The van der Waals surface area contributed by atoms with Gasteiger partial charge in [-0.3, -0.25) is 9.69 Å². The highest BCUT2D eigenvalue weighted by molar-refractivity contribution is 5.72. The van der Waals surface area contributed by atoms with Crippen LogP contribution >= 0.6 is 0 Å². The first-order chi connectivity index (χ1) is 7.79. The Kier molecular flexibility index (Phi) is 3.51. The molecule has 0 radical (unpaired) electrons. The van der Waals surface area contributed by atoms with E-state index in [0.29, 0.717) is 12.4 Å². The average molecular weight is 225 g/mol. The minimum Gasteiger partial charge on any atom is -0.469 e. The standard InChI is InChI=1S/C10H15N3O3/c1-15-10(14)8-2-4-13(5-3-8)6-9-11-7-16-12-9/h7-8H,2-6H2,1H3. The predicted octanol–water partition coefficient (Wildman–Crippen LogP) is 0.455. The van der Waals surface area contributed by atoms with Crippen LogP contribution in [-0.4, -0.2) is 41.2 Å². The van der Waals surface area contributed by atoms with Crippen molar-refractivity contribution in [1.29, 1.82) is 0 Å². The minimum atomic E-state index is -0.0980. The van der Waals surface area contributed by atoms with Gasteiger partial charge in [-0.1, -0.05) is 5.16 Å². The van der Waals surface area contributed by atoms with Crippen LogP contribution in [0.4, 0.5) is 0 Å². The molecule has 1 fully saturated rings. The zero-order chi connectivity index (χ0) is 11.4. The Labute approximate surface area is 93.6 Å². The summed E-state index contributed by atoms with van der Waals surface area (Å²) in [5.41, 5.74) is 0. The van der Waals surface area contributed by atoms with E-state index in [1.807, 2.05) is 0 Å². The molecular formula is C10H15N3O3. The third kappa shape index (κ3) is 2.57. The fourth-order valence-corrected chi connectivity index (χ4v) is 1.96. The maximum absolute atomic E-state index is 11.3. The van der Waals surface area contributed by atoms with Gasteiger partial charge in [0, 0.05) is 0 Å². The van der Waals surface area contributed by atoms with Gasteiger partial charge in [-0.05, 0) is 25.9 Å². The van der Waals surface area contributed by atoms with Crippen molar-refractivity contribution in [1.82, 2.24) is 15.0 Å². The zero-order valence-electron chi connectivity index (χ0n) is 9.26. The highest BCUT2D eigenvalue weighted by Gasteiger charge is 2.25. The van der Waals surface area contributed by atoms with Crippen molar-refractivity contribution in [3.8, 4) is 0 Å². The van der Waals surface area contributed by atoms with E-state index < -0.39 is 0 Å². The number of methoxy groups -OCH3 is 1.